The Balaban J connectivity index is 1.48. The van der Waals surface area contributed by atoms with Crippen molar-refractivity contribution >= 4 is 11.9 Å². The molecule has 0 aromatic heterocycles. The first kappa shape index (κ1) is 19.0. The summed E-state index contributed by atoms with van der Waals surface area (Å²) >= 11 is 0. The van der Waals surface area contributed by atoms with E-state index < -0.39 is 18.2 Å². The lowest BCUT2D eigenvalue weighted by Gasteiger charge is -2.18. The Kier molecular flexibility index (Phi) is 6.16. The Morgan fingerprint density at radius 2 is 1.81 bits per heavy atom. The van der Waals surface area contributed by atoms with Gasteiger partial charge < -0.3 is 15.2 Å². The summed E-state index contributed by atoms with van der Waals surface area (Å²) in [5, 5.41) is 12.7. The summed E-state index contributed by atoms with van der Waals surface area (Å²) in [6.45, 7) is -0.289. The summed E-state index contributed by atoms with van der Waals surface area (Å²) in [7, 11) is 0. The first-order valence-electron chi connectivity index (χ1n) is 8.69. The van der Waals surface area contributed by atoms with E-state index in [0.717, 1.165) is 10.5 Å². The summed E-state index contributed by atoms with van der Waals surface area (Å²) < 4.78 is 18.8. The number of urea groups is 1. The highest BCUT2D eigenvalue weighted by Crippen LogP contribution is 2.13. The number of benzene rings is 2. The summed E-state index contributed by atoms with van der Waals surface area (Å²) in [6.07, 6.45) is -0.663. The molecule has 1 aliphatic rings. The molecule has 3 rings (SSSR count). The van der Waals surface area contributed by atoms with Crippen LogP contribution in [0.3, 0.4) is 0 Å². The van der Waals surface area contributed by atoms with Gasteiger partial charge in [-0.25, -0.2) is 9.18 Å². The molecule has 1 fully saturated rings. The topological polar surface area (TPSA) is 78.9 Å². The molecule has 1 aliphatic heterocycles. The van der Waals surface area contributed by atoms with E-state index in [4.69, 9.17) is 4.74 Å². The lowest BCUT2D eigenvalue weighted by molar-refractivity contribution is -0.128. The highest BCUT2D eigenvalue weighted by Gasteiger charge is 2.38. The van der Waals surface area contributed by atoms with Gasteiger partial charge in [0, 0.05) is 12.0 Å². The van der Waals surface area contributed by atoms with Crippen LogP contribution in [0.25, 0.3) is 0 Å². The van der Waals surface area contributed by atoms with Crippen molar-refractivity contribution in [1.82, 2.24) is 10.2 Å². The first-order chi connectivity index (χ1) is 13.0. The molecule has 0 spiro atoms. The molecule has 0 bridgehead atoms. The lowest BCUT2D eigenvalue weighted by Crippen LogP contribution is -2.39. The monoisotopic (exact) mass is 372 g/mol. The predicted octanol–water partition coefficient (Wildman–Crippen LogP) is 1.87. The van der Waals surface area contributed by atoms with Gasteiger partial charge in [-0.15, -0.1) is 0 Å². The molecule has 1 heterocycles. The van der Waals surface area contributed by atoms with Crippen molar-refractivity contribution in [3.05, 3.63) is 71.5 Å². The Labute approximate surface area is 156 Å². The van der Waals surface area contributed by atoms with E-state index in [1.165, 1.54) is 6.07 Å². The highest BCUT2D eigenvalue weighted by molar-refractivity contribution is 6.04. The Morgan fingerprint density at radius 3 is 2.56 bits per heavy atom. The van der Waals surface area contributed by atoms with E-state index in [1.54, 1.807) is 18.2 Å². The molecule has 6 nitrogen and oxygen atoms in total. The summed E-state index contributed by atoms with van der Waals surface area (Å²) in [5.74, 6) is -0.762. The molecular formula is C20H21FN2O4. The van der Waals surface area contributed by atoms with Gasteiger partial charge in [0.25, 0.3) is 5.91 Å². The average molecular weight is 372 g/mol. The van der Waals surface area contributed by atoms with Crippen molar-refractivity contribution in [2.45, 2.75) is 25.2 Å². The number of carbonyl (C=O) groups is 2. The molecule has 2 aromatic rings. The fourth-order valence-electron chi connectivity index (χ4n) is 2.92. The lowest BCUT2D eigenvalue weighted by atomic mass is 10.1. The van der Waals surface area contributed by atoms with Gasteiger partial charge >= 0.3 is 6.03 Å². The molecule has 27 heavy (non-hydrogen) atoms. The molecule has 2 aromatic carbocycles. The number of carbonyl (C=O) groups excluding carboxylic acids is 2. The van der Waals surface area contributed by atoms with Crippen LogP contribution in [0.1, 0.15) is 11.1 Å². The molecule has 2 atom stereocenters. The fraction of sp³-hybridized carbons (Fsp3) is 0.300. The van der Waals surface area contributed by atoms with E-state index in [1.807, 2.05) is 30.3 Å². The van der Waals surface area contributed by atoms with Gasteiger partial charge in [-0.2, -0.15) is 0 Å². The van der Waals surface area contributed by atoms with Crippen LogP contribution >= 0.6 is 0 Å². The molecule has 3 amide bonds. The van der Waals surface area contributed by atoms with Crippen LogP contribution in [0.4, 0.5) is 9.18 Å². The fourth-order valence-corrected chi connectivity index (χ4v) is 2.92. The third-order valence-corrected chi connectivity index (χ3v) is 4.31. The largest absolute Gasteiger partial charge is 0.389 e. The van der Waals surface area contributed by atoms with Gasteiger partial charge in [-0.1, -0.05) is 48.5 Å². The minimum absolute atomic E-state index is 0.000504. The van der Waals surface area contributed by atoms with Gasteiger partial charge in [0.2, 0.25) is 0 Å². The number of amides is 3. The number of nitrogens with one attached hydrogen (secondary N) is 1. The van der Waals surface area contributed by atoms with Crippen LogP contribution < -0.4 is 5.32 Å². The molecule has 1 saturated heterocycles. The standard InChI is InChI=1S/C20H21FN2O4/c21-17-9-5-4-8-15(17)12-27-13-16(24)11-23-19(25)18(22-20(23)26)10-14-6-2-1-3-7-14/h1-9,16,18,24H,10-13H2,(H,22,26)/t16-,18+/m1/s1. The molecule has 2 N–H and O–H groups in total. The molecule has 0 radical (unpaired) electrons. The van der Waals surface area contributed by atoms with E-state index in [0.29, 0.717) is 12.0 Å². The number of ether oxygens (including phenoxy) is 1. The Bertz CT molecular complexity index is 800. The van der Waals surface area contributed by atoms with Crippen molar-refractivity contribution in [3.8, 4) is 0 Å². The molecule has 0 unspecified atom stereocenters. The van der Waals surface area contributed by atoms with Crippen molar-refractivity contribution in [2.24, 2.45) is 0 Å². The van der Waals surface area contributed by atoms with Crippen LogP contribution in [-0.2, 0) is 22.6 Å². The van der Waals surface area contributed by atoms with E-state index in [-0.39, 0.29) is 31.5 Å². The quantitative estimate of drug-likeness (QED) is 0.694. The van der Waals surface area contributed by atoms with Crippen molar-refractivity contribution in [2.75, 3.05) is 13.2 Å². The van der Waals surface area contributed by atoms with Gasteiger partial charge in [-0.05, 0) is 11.6 Å². The van der Waals surface area contributed by atoms with Crippen LogP contribution in [0, 0.1) is 5.82 Å². The number of imide groups is 1. The number of hydrogen-bond donors (Lipinski definition) is 2. The van der Waals surface area contributed by atoms with Crippen molar-refractivity contribution in [1.29, 1.82) is 0 Å². The van der Waals surface area contributed by atoms with Crippen LogP contribution in [0.5, 0.6) is 0 Å². The van der Waals surface area contributed by atoms with Crippen LogP contribution in [0.15, 0.2) is 54.6 Å². The minimum atomic E-state index is -1.05. The van der Waals surface area contributed by atoms with Crippen molar-refractivity contribution < 1.29 is 23.8 Å². The van der Waals surface area contributed by atoms with Crippen molar-refractivity contribution in [3.63, 3.8) is 0 Å². The Morgan fingerprint density at radius 1 is 1.11 bits per heavy atom. The SMILES string of the molecule is O=C1N[C@@H](Cc2ccccc2)C(=O)N1C[C@@H](O)COCc1ccccc1F. The predicted molar refractivity (Wildman–Crippen MR) is 96.2 cm³/mol. The highest BCUT2D eigenvalue weighted by atomic mass is 19.1. The molecule has 7 heteroatoms. The maximum absolute atomic E-state index is 13.5. The molecular weight excluding hydrogens is 351 g/mol. The maximum Gasteiger partial charge on any atom is 0.324 e. The second-order valence-electron chi connectivity index (χ2n) is 6.40. The number of rotatable bonds is 8. The molecule has 0 saturated carbocycles. The number of hydrogen-bond acceptors (Lipinski definition) is 4. The summed E-state index contributed by atoms with van der Waals surface area (Å²) in [4.78, 5) is 25.5. The average Bonchev–Trinajstić information content (AvgIpc) is 2.91. The number of halogens is 1. The van der Waals surface area contributed by atoms with Gasteiger partial charge in [0.15, 0.2) is 0 Å². The molecule has 142 valence electrons. The summed E-state index contributed by atoms with van der Waals surface area (Å²) in [5.41, 5.74) is 1.31. The Hall–Kier alpha value is -2.77. The zero-order valence-electron chi connectivity index (χ0n) is 14.7. The third kappa shape index (κ3) is 4.90. The van der Waals surface area contributed by atoms with E-state index in [2.05, 4.69) is 5.32 Å². The summed E-state index contributed by atoms with van der Waals surface area (Å²) in [6, 6.07) is 14.4. The minimum Gasteiger partial charge on any atom is -0.389 e. The second-order valence-corrected chi connectivity index (χ2v) is 6.40. The van der Waals surface area contributed by atoms with Gasteiger partial charge in [0.05, 0.1) is 25.9 Å². The number of nitrogens with zero attached hydrogens (tertiary/aromatic N) is 1. The van der Waals surface area contributed by atoms with Gasteiger partial charge in [0.1, 0.15) is 11.9 Å². The van der Waals surface area contributed by atoms with Gasteiger partial charge in [-0.3, -0.25) is 9.69 Å². The number of aliphatic hydroxyl groups is 1. The smallest absolute Gasteiger partial charge is 0.324 e. The van der Waals surface area contributed by atoms with Crippen LogP contribution in [-0.4, -0.2) is 47.2 Å². The third-order valence-electron chi connectivity index (χ3n) is 4.31. The maximum atomic E-state index is 13.5. The zero-order chi connectivity index (χ0) is 19.2. The first-order valence-corrected chi connectivity index (χ1v) is 8.69. The van der Waals surface area contributed by atoms with E-state index >= 15 is 0 Å². The number of β-amino-alcohol motifs (C(OH)–C–C–N with tert-alkyl or cyclic N) is 1. The normalized spacial score (nSPS) is 17.9. The van der Waals surface area contributed by atoms with E-state index in [9.17, 15) is 19.1 Å². The van der Waals surface area contributed by atoms with Crippen LogP contribution in [0.2, 0.25) is 0 Å². The second kappa shape index (κ2) is 8.75. The zero-order valence-corrected chi connectivity index (χ0v) is 14.7. The number of aliphatic hydroxyl groups excluding tert-OH is 1. The molecule has 0 aliphatic carbocycles.